The van der Waals surface area contributed by atoms with Crippen LogP contribution in [0.2, 0.25) is 5.02 Å². The van der Waals surface area contributed by atoms with Crippen molar-refractivity contribution < 1.29 is 9.84 Å². The van der Waals surface area contributed by atoms with Crippen molar-refractivity contribution in [3.8, 4) is 5.75 Å². The Balaban J connectivity index is 1.86. The van der Waals surface area contributed by atoms with Gasteiger partial charge in [-0.2, -0.15) is 0 Å². The fraction of sp³-hybridized carbons (Fsp3) is 0.308. The summed E-state index contributed by atoms with van der Waals surface area (Å²) in [6, 6.07) is 5.61. The number of rotatable bonds is 5. The van der Waals surface area contributed by atoms with Crippen LogP contribution in [0.4, 0.5) is 0 Å². The lowest BCUT2D eigenvalue weighted by Crippen LogP contribution is -2.01. The quantitative estimate of drug-likeness (QED) is 0.916. The van der Waals surface area contributed by atoms with Gasteiger partial charge >= 0.3 is 0 Å². The number of thiazole rings is 1. The number of aliphatic hydroxyl groups is 1. The van der Waals surface area contributed by atoms with Gasteiger partial charge < -0.3 is 9.84 Å². The molecule has 5 heteroatoms. The second kappa shape index (κ2) is 6.18. The maximum atomic E-state index is 8.94. The van der Waals surface area contributed by atoms with E-state index in [-0.39, 0.29) is 6.61 Å². The van der Waals surface area contributed by atoms with Crippen molar-refractivity contribution in [2.24, 2.45) is 0 Å². The summed E-state index contributed by atoms with van der Waals surface area (Å²) in [5.74, 6) is 0.816. The number of nitrogens with zero attached hydrogens (tertiary/aromatic N) is 1. The zero-order chi connectivity index (χ0) is 13.0. The monoisotopic (exact) mass is 283 g/mol. The summed E-state index contributed by atoms with van der Waals surface area (Å²) in [7, 11) is 0. The molecule has 0 fully saturated rings. The number of benzene rings is 1. The normalized spacial score (nSPS) is 10.6. The minimum atomic E-state index is 0.0505. The Labute approximate surface area is 115 Å². The summed E-state index contributed by atoms with van der Waals surface area (Å²) in [6.45, 7) is 2.57. The van der Waals surface area contributed by atoms with Crippen molar-refractivity contribution in [1.82, 2.24) is 4.98 Å². The molecular formula is C13H14ClNO2S. The molecule has 2 aromatic rings. The van der Waals surface area contributed by atoms with E-state index in [2.05, 4.69) is 4.98 Å². The Morgan fingerprint density at radius 3 is 2.94 bits per heavy atom. The maximum absolute atomic E-state index is 8.94. The number of aryl methyl sites for hydroxylation is 1. The topological polar surface area (TPSA) is 42.4 Å². The number of aromatic nitrogens is 1. The highest BCUT2D eigenvalue weighted by atomic mass is 35.5. The zero-order valence-electron chi connectivity index (χ0n) is 10.0. The highest BCUT2D eigenvalue weighted by Gasteiger charge is 2.02. The third kappa shape index (κ3) is 3.45. The minimum Gasteiger partial charge on any atom is -0.493 e. The van der Waals surface area contributed by atoms with Gasteiger partial charge in [0.05, 0.1) is 23.1 Å². The Morgan fingerprint density at radius 2 is 2.28 bits per heavy atom. The molecule has 18 heavy (non-hydrogen) atoms. The summed E-state index contributed by atoms with van der Waals surface area (Å²) in [5, 5.41) is 10.7. The molecule has 0 aliphatic carbocycles. The molecule has 0 aliphatic rings. The van der Waals surface area contributed by atoms with Crippen LogP contribution < -0.4 is 4.74 Å². The van der Waals surface area contributed by atoms with Gasteiger partial charge in [-0.15, -0.1) is 11.3 Å². The Morgan fingerprint density at radius 1 is 1.44 bits per heavy atom. The van der Waals surface area contributed by atoms with E-state index >= 15 is 0 Å². The molecule has 2 rings (SSSR count). The predicted molar refractivity (Wildman–Crippen MR) is 73.4 cm³/mol. The van der Waals surface area contributed by atoms with Crippen LogP contribution in [0, 0.1) is 6.92 Å². The van der Waals surface area contributed by atoms with Crippen molar-refractivity contribution in [3.63, 3.8) is 0 Å². The van der Waals surface area contributed by atoms with E-state index in [1.165, 1.54) is 11.3 Å². The fourth-order valence-corrected chi connectivity index (χ4v) is 2.38. The van der Waals surface area contributed by atoms with Gasteiger partial charge in [-0.3, -0.25) is 0 Å². The Bertz CT molecular complexity index is 527. The smallest absolute Gasteiger partial charge is 0.119 e. The molecule has 1 aromatic heterocycles. The van der Waals surface area contributed by atoms with Crippen molar-refractivity contribution in [3.05, 3.63) is 44.9 Å². The van der Waals surface area contributed by atoms with Crippen LogP contribution in [-0.2, 0) is 13.0 Å². The third-order valence-electron chi connectivity index (χ3n) is 2.47. The zero-order valence-corrected chi connectivity index (χ0v) is 11.6. The molecule has 1 aromatic carbocycles. The van der Waals surface area contributed by atoms with Crippen LogP contribution in [0.5, 0.6) is 5.75 Å². The summed E-state index contributed by atoms with van der Waals surface area (Å²) in [4.78, 5) is 5.09. The van der Waals surface area contributed by atoms with E-state index in [0.717, 1.165) is 32.6 Å². The fourth-order valence-electron chi connectivity index (χ4n) is 1.50. The van der Waals surface area contributed by atoms with Gasteiger partial charge in [-0.1, -0.05) is 11.6 Å². The molecular weight excluding hydrogens is 270 g/mol. The first-order chi connectivity index (χ1) is 8.69. The largest absolute Gasteiger partial charge is 0.493 e. The average Bonchev–Trinajstić information content (AvgIpc) is 2.82. The molecule has 0 aliphatic heterocycles. The van der Waals surface area contributed by atoms with Crippen LogP contribution in [0.15, 0.2) is 24.4 Å². The second-order valence-corrected chi connectivity index (χ2v) is 5.49. The number of ether oxygens (including phenoxy) is 1. The number of aliphatic hydroxyl groups excluding tert-OH is 1. The highest BCUT2D eigenvalue weighted by Crippen LogP contribution is 2.21. The molecule has 0 saturated heterocycles. The molecule has 3 nitrogen and oxygen atoms in total. The summed E-state index contributed by atoms with van der Waals surface area (Å²) in [6.07, 6.45) is 2.44. The lowest BCUT2D eigenvalue weighted by Gasteiger charge is -2.06. The molecule has 0 unspecified atom stereocenters. The van der Waals surface area contributed by atoms with Crippen LogP contribution in [-0.4, -0.2) is 16.7 Å². The number of hydrogen-bond acceptors (Lipinski definition) is 4. The molecule has 0 bridgehead atoms. The SMILES string of the molecule is Cc1cc(OCCc2ncc(CO)s2)ccc1Cl. The van der Waals surface area contributed by atoms with Crippen molar-refractivity contribution in [2.75, 3.05) is 6.61 Å². The van der Waals surface area contributed by atoms with E-state index in [9.17, 15) is 0 Å². The molecule has 0 spiro atoms. The molecule has 1 N–H and O–H groups in total. The van der Waals surface area contributed by atoms with E-state index in [1.807, 2.05) is 25.1 Å². The van der Waals surface area contributed by atoms with Crippen molar-refractivity contribution in [1.29, 1.82) is 0 Å². The van der Waals surface area contributed by atoms with Crippen LogP contribution in [0.1, 0.15) is 15.4 Å². The summed E-state index contributed by atoms with van der Waals surface area (Å²) in [5.41, 5.74) is 1.01. The Hall–Kier alpha value is -1.10. The molecule has 0 atom stereocenters. The minimum absolute atomic E-state index is 0.0505. The molecule has 0 amide bonds. The summed E-state index contributed by atoms with van der Waals surface area (Å²) >= 11 is 7.45. The van der Waals surface area contributed by atoms with Crippen LogP contribution in [0.25, 0.3) is 0 Å². The number of hydrogen-bond donors (Lipinski definition) is 1. The van der Waals surface area contributed by atoms with E-state index in [0.29, 0.717) is 6.61 Å². The second-order valence-electron chi connectivity index (χ2n) is 3.89. The van der Waals surface area contributed by atoms with Gasteiger partial charge in [-0.25, -0.2) is 4.98 Å². The molecule has 1 heterocycles. The third-order valence-corrected chi connectivity index (χ3v) is 3.94. The van der Waals surface area contributed by atoms with Crippen molar-refractivity contribution in [2.45, 2.75) is 20.0 Å². The molecule has 96 valence electrons. The van der Waals surface area contributed by atoms with Gasteiger partial charge in [0.2, 0.25) is 0 Å². The van der Waals surface area contributed by atoms with E-state index < -0.39 is 0 Å². The first-order valence-electron chi connectivity index (χ1n) is 5.62. The van der Waals surface area contributed by atoms with Gasteiger partial charge in [-0.05, 0) is 30.7 Å². The predicted octanol–water partition coefficient (Wildman–Crippen LogP) is 3.22. The van der Waals surface area contributed by atoms with Crippen LogP contribution >= 0.6 is 22.9 Å². The van der Waals surface area contributed by atoms with Crippen molar-refractivity contribution >= 4 is 22.9 Å². The first-order valence-corrected chi connectivity index (χ1v) is 6.82. The lowest BCUT2D eigenvalue weighted by atomic mass is 10.2. The average molecular weight is 284 g/mol. The molecule has 0 radical (unpaired) electrons. The maximum Gasteiger partial charge on any atom is 0.119 e. The Kier molecular flexibility index (Phi) is 4.58. The van der Waals surface area contributed by atoms with Gasteiger partial charge in [0.25, 0.3) is 0 Å². The van der Waals surface area contributed by atoms with Gasteiger partial charge in [0.15, 0.2) is 0 Å². The molecule has 0 saturated carbocycles. The van der Waals surface area contributed by atoms with Gasteiger partial charge in [0.1, 0.15) is 5.75 Å². The first kappa shape index (κ1) is 13.3. The number of halogens is 1. The highest BCUT2D eigenvalue weighted by molar-refractivity contribution is 7.11. The van der Waals surface area contributed by atoms with Crippen LogP contribution in [0.3, 0.4) is 0 Å². The van der Waals surface area contributed by atoms with E-state index in [4.69, 9.17) is 21.4 Å². The lowest BCUT2D eigenvalue weighted by molar-refractivity contribution is 0.285. The van der Waals surface area contributed by atoms with E-state index in [1.54, 1.807) is 6.20 Å². The summed E-state index contributed by atoms with van der Waals surface area (Å²) < 4.78 is 5.63. The van der Waals surface area contributed by atoms with Gasteiger partial charge in [0, 0.05) is 17.6 Å². The standard InChI is InChI=1S/C13H14ClNO2S/c1-9-6-10(2-3-12(9)14)17-5-4-13-15-7-11(8-16)18-13/h2-3,6-7,16H,4-5,8H2,1H3.